The van der Waals surface area contributed by atoms with Gasteiger partial charge in [0.05, 0.1) is 26.7 Å². The molecule has 1 nitrogen and oxygen atoms in total. The molecule has 1 saturated heterocycles. The molecule has 1 heterocycles. The largest absolute Gasteiger partial charge is 0.326 e. The second-order valence-corrected chi connectivity index (χ2v) is 4.61. The van der Waals surface area contributed by atoms with Crippen molar-refractivity contribution in [2.75, 3.05) is 26.7 Å². The maximum atomic E-state index is 2.40. The monoisotopic (exact) mass is 170 g/mol. The molecule has 1 aliphatic rings. The first kappa shape index (κ1) is 10.0. The van der Waals surface area contributed by atoms with Gasteiger partial charge in [-0.15, -0.1) is 0 Å². The highest BCUT2D eigenvalue weighted by Gasteiger charge is 2.27. The van der Waals surface area contributed by atoms with E-state index in [0.29, 0.717) is 0 Å². The van der Waals surface area contributed by atoms with Gasteiger partial charge >= 0.3 is 0 Å². The molecule has 0 aromatic rings. The summed E-state index contributed by atoms with van der Waals surface area (Å²) in [7, 11) is 2.40. The van der Waals surface area contributed by atoms with E-state index in [0.717, 1.165) is 5.92 Å². The van der Waals surface area contributed by atoms with E-state index in [9.17, 15) is 0 Å². The lowest BCUT2D eigenvalue weighted by Crippen LogP contribution is -2.49. The van der Waals surface area contributed by atoms with Gasteiger partial charge in [-0.1, -0.05) is 19.8 Å². The molecule has 0 amide bonds. The fourth-order valence-electron chi connectivity index (χ4n) is 2.26. The van der Waals surface area contributed by atoms with Crippen molar-refractivity contribution in [3.8, 4) is 0 Å². The van der Waals surface area contributed by atoms with Crippen LogP contribution in [0.25, 0.3) is 0 Å². The second kappa shape index (κ2) is 4.27. The first-order valence-electron chi connectivity index (χ1n) is 5.53. The lowest BCUT2D eigenvalue weighted by atomic mass is 9.91. The number of piperidine rings is 1. The van der Waals surface area contributed by atoms with Crippen LogP contribution in [0.4, 0.5) is 0 Å². The Labute approximate surface area is 77.4 Å². The van der Waals surface area contributed by atoms with Gasteiger partial charge in [0.15, 0.2) is 0 Å². The number of hydrogen-bond acceptors (Lipinski definition) is 0. The highest BCUT2D eigenvalue weighted by molar-refractivity contribution is 4.63. The molecule has 0 bridgehead atoms. The van der Waals surface area contributed by atoms with Crippen LogP contribution in [0, 0.1) is 5.92 Å². The lowest BCUT2D eigenvalue weighted by molar-refractivity contribution is -0.913. The third-order valence-electron chi connectivity index (χ3n) is 3.61. The average molecular weight is 170 g/mol. The van der Waals surface area contributed by atoms with Crippen molar-refractivity contribution in [3.63, 3.8) is 0 Å². The number of nitrogens with zero attached hydrogens (tertiary/aromatic N) is 1. The summed E-state index contributed by atoms with van der Waals surface area (Å²) in [4.78, 5) is 0. The Bertz CT molecular complexity index is 123. The van der Waals surface area contributed by atoms with Crippen molar-refractivity contribution >= 4 is 0 Å². The number of likely N-dealkylation sites (tertiary alicyclic amines) is 1. The predicted molar refractivity (Wildman–Crippen MR) is 54.1 cm³/mol. The molecule has 72 valence electrons. The molecule has 1 heteroatoms. The maximum absolute atomic E-state index is 2.40. The summed E-state index contributed by atoms with van der Waals surface area (Å²) < 4.78 is 1.32. The first-order valence-corrected chi connectivity index (χ1v) is 5.53. The molecule has 0 N–H and O–H groups in total. The van der Waals surface area contributed by atoms with Crippen molar-refractivity contribution in [1.29, 1.82) is 0 Å². The Hall–Kier alpha value is -0.0400. The zero-order chi connectivity index (χ0) is 9.03. The van der Waals surface area contributed by atoms with Crippen molar-refractivity contribution in [2.45, 2.75) is 39.5 Å². The van der Waals surface area contributed by atoms with Crippen molar-refractivity contribution in [2.24, 2.45) is 5.92 Å². The fraction of sp³-hybridized carbons (Fsp3) is 1.00. The zero-order valence-corrected chi connectivity index (χ0v) is 8.97. The van der Waals surface area contributed by atoms with Crippen molar-refractivity contribution < 1.29 is 4.48 Å². The molecular weight excluding hydrogens is 146 g/mol. The smallest absolute Gasteiger partial charge is 0.0787 e. The number of hydrogen-bond donors (Lipinski definition) is 0. The molecule has 0 aromatic heterocycles. The van der Waals surface area contributed by atoms with Gasteiger partial charge in [-0.05, 0) is 25.7 Å². The second-order valence-electron chi connectivity index (χ2n) is 4.61. The first-order chi connectivity index (χ1) is 5.70. The Balaban J connectivity index is 2.29. The summed E-state index contributed by atoms with van der Waals surface area (Å²) in [6.07, 6.45) is 5.78. The van der Waals surface area contributed by atoms with Crippen LogP contribution in [0.1, 0.15) is 39.5 Å². The Morgan fingerprint density at radius 2 is 1.75 bits per heavy atom. The van der Waals surface area contributed by atoms with Gasteiger partial charge in [-0.25, -0.2) is 0 Å². The molecule has 0 radical (unpaired) electrons. The quantitative estimate of drug-likeness (QED) is 0.571. The van der Waals surface area contributed by atoms with E-state index in [2.05, 4.69) is 20.9 Å². The van der Waals surface area contributed by atoms with E-state index in [-0.39, 0.29) is 0 Å². The summed E-state index contributed by atoms with van der Waals surface area (Å²) >= 11 is 0. The van der Waals surface area contributed by atoms with Crippen LogP contribution >= 0.6 is 0 Å². The van der Waals surface area contributed by atoms with Crippen LogP contribution in [0.15, 0.2) is 0 Å². The van der Waals surface area contributed by atoms with Gasteiger partial charge < -0.3 is 4.48 Å². The molecule has 0 spiro atoms. The summed E-state index contributed by atoms with van der Waals surface area (Å²) in [6.45, 7) is 8.78. The van der Waals surface area contributed by atoms with Gasteiger partial charge in [-0.3, -0.25) is 0 Å². The van der Waals surface area contributed by atoms with Crippen molar-refractivity contribution in [3.05, 3.63) is 0 Å². The molecule has 12 heavy (non-hydrogen) atoms. The Morgan fingerprint density at radius 1 is 1.17 bits per heavy atom. The molecule has 1 fully saturated rings. The summed E-state index contributed by atoms with van der Waals surface area (Å²) in [5.74, 6) is 1.05. The minimum Gasteiger partial charge on any atom is -0.326 e. The van der Waals surface area contributed by atoms with Crippen LogP contribution in [-0.2, 0) is 0 Å². The maximum Gasteiger partial charge on any atom is 0.0787 e. The topological polar surface area (TPSA) is 0 Å². The number of quaternary nitrogens is 1. The van der Waals surface area contributed by atoms with Crippen LogP contribution in [0.2, 0.25) is 0 Å². The SMILES string of the molecule is CCCC1CC[N+](C)(CC)CC1. The molecule has 0 saturated carbocycles. The van der Waals surface area contributed by atoms with Crippen LogP contribution < -0.4 is 0 Å². The van der Waals surface area contributed by atoms with Gasteiger partial charge in [0, 0.05) is 0 Å². The lowest BCUT2D eigenvalue weighted by Gasteiger charge is -2.39. The summed E-state index contributed by atoms with van der Waals surface area (Å²) in [6, 6.07) is 0. The molecule has 0 atom stereocenters. The standard InChI is InChI=1S/C11H24N/c1-4-6-11-7-9-12(3,5-2)10-8-11/h11H,4-10H2,1-3H3/q+1. The highest BCUT2D eigenvalue weighted by atomic mass is 15.3. The van der Waals surface area contributed by atoms with Gasteiger partial charge in [0.2, 0.25) is 0 Å². The predicted octanol–water partition coefficient (Wildman–Crippen LogP) is 2.66. The zero-order valence-electron chi connectivity index (χ0n) is 8.97. The minimum atomic E-state index is 1.05. The van der Waals surface area contributed by atoms with E-state index < -0.39 is 0 Å². The summed E-state index contributed by atoms with van der Waals surface area (Å²) in [5, 5.41) is 0. The number of rotatable bonds is 3. The van der Waals surface area contributed by atoms with E-state index >= 15 is 0 Å². The van der Waals surface area contributed by atoms with Crippen LogP contribution in [-0.4, -0.2) is 31.2 Å². The van der Waals surface area contributed by atoms with E-state index in [1.807, 2.05) is 0 Å². The third-order valence-corrected chi connectivity index (χ3v) is 3.61. The molecule has 0 unspecified atom stereocenters. The summed E-state index contributed by atoms with van der Waals surface area (Å²) in [5.41, 5.74) is 0. The molecule has 1 aliphatic heterocycles. The third kappa shape index (κ3) is 2.48. The molecular formula is C11H24N+. The molecule has 0 aliphatic carbocycles. The Kier molecular flexibility index (Phi) is 3.57. The van der Waals surface area contributed by atoms with Gasteiger partial charge in [0.1, 0.15) is 0 Å². The normalized spacial score (nSPS) is 36.8. The van der Waals surface area contributed by atoms with Gasteiger partial charge in [-0.2, -0.15) is 0 Å². The van der Waals surface area contributed by atoms with Crippen LogP contribution in [0.3, 0.4) is 0 Å². The van der Waals surface area contributed by atoms with Crippen molar-refractivity contribution in [1.82, 2.24) is 0 Å². The molecule has 0 aromatic carbocycles. The molecule has 1 rings (SSSR count). The Morgan fingerprint density at radius 3 is 2.17 bits per heavy atom. The van der Waals surface area contributed by atoms with Crippen LogP contribution in [0.5, 0.6) is 0 Å². The van der Waals surface area contributed by atoms with E-state index in [1.54, 1.807) is 0 Å². The minimum absolute atomic E-state index is 1.05. The van der Waals surface area contributed by atoms with E-state index in [1.165, 1.54) is 49.8 Å². The average Bonchev–Trinajstić information content (AvgIpc) is 2.10. The highest BCUT2D eigenvalue weighted by Crippen LogP contribution is 2.24. The van der Waals surface area contributed by atoms with Gasteiger partial charge in [0.25, 0.3) is 0 Å². The fourth-order valence-corrected chi connectivity index (χ4v) is 2.26. The van der Waals surface area contributed by atoms with E-state index in [4.69, 9.17) is 0 Å².